The third-order valence-corrected chi connectivity index (χ3v) is 6.34. The molecule has 0 heterocycles. The first-order valence-electron chi connectivity index (χ1n) is 14.1. The number of esters is 1. The van der Waals surface area contributed by atoms with E-state index in [2.05, 4.69) is 13.8 Å². The predicted molar refractivity (Wildman–Crippen MR) is 137 cm³/mol. The van der Waals surface area contributed by atoms with Gasteiger partial charge in [0, 0.05) is 6.42 Å². The van der Waals surface area contributed by atoms with Crippen molar-refractivity contribution in [3.05, 3.63) is 0 Å². The minimum Gasteiger partial charge on any atom is -0.462 e. The van der Waals surface area contributed by atoms with Crippen LogP contribution in [-0.2, 0) is 14.3 Å². The largest absolute Gasteiger partial charge is 0.462 e. The van der Waals surface area contributed by atoms with Gasteiger partial charge in [0.1, 0.15) is 6.10 Å². The number of hydrogen-bond acceptors (Lipinski definition) is 3. The molecule has 0 aromatic rings. The lowest BCUT2D eigenvalue weighted by atomic mass is 10.0. The second-order valence-electron chi connectivity index (χ2n) is 9.68. The van der Waals surface area contributed by atoms with Gasteiger partial charge in [0.15, 0.2) is 0 Å². The van der Waals surface area contributed by atoms with Crippen LogP contribution in [0.4, 0.5) is 0 Å². The molecule has 0 aromatic carbocycles. The van der Waals surface area contributed by atoms with Crippen molar-refractivity contribution < 1.29 is 14.3 Å². The molecule has 0 aromatic heterocycles. The fourth-order valence-corrected chi connectivity index (χ4v) is 4.29. The number of carbonyl (C=O) groups excluding carboxylic acids is 2. The smallest absolute Gasteiger partial charge is 0.306 e. The van der Waals surface area contributed by atoms with Gasteiger partial charge < -0.3 is 10.5 Å². The van der Waals surface area contributed by atoms with Gasteiger partial charge in [-0.05, 0) is 19.3 Å². The summed E-state index contributed by atoms with van der Waals surface area (Å²) in [6, 6.07) is 0. The van der Waals surface area contributed by atoms with Crippen LogP contribution < -0.4 is 5.73 Å². The number of hydrogen-bond donors (Lipinski definition) is 1. The van der Waals surface area contributed by atoms with E-state index in [0.29, 0.717) is 6.42 Å². The highest BCUT2D eigenvalue weighted by molar-refractivity contribution is 5.75. The number of ether oxygens (including phenoxy) is 1. The molecule has 4 nitrogen and oxygen atoms in total. The second kappa shape index (κ2) is 24.6. The zero-order valence-corrected chi connectivity index (χ0v) is 21.6. The summed E-state index contributed by atoms with van der Waals surface area (Å²) in [5.74, 6) is -0.545. The third-order valence-electron chi connectivity index (χ3n) is 6.34. The van der Waals surface area contributed by atoms with Gasteiger partial charge in [-0.3, -0.25) is 9.59 Å². The molecule has 0 saturated carbocycles. The standard InChI is InChI=1S/C28H55NO3/c1-3-5-7-9-11-13-14-16-18-20-22-24-28(31)32-26(25-27(29)30)23-21-19-17-15-12-10-8-6-4-2/h26H,3-25H2,1-2H3,(H2,29,30)/t26-/m1/s1. The highest BCUT2D eigenvalue weighted by Crippen LogP contribution is 2.16. The van der Waals surface area contributed by atoms with Crippen LogP contribution in [-0.4, -0.2) is 18.0 Å². The van der Waals surface area contributed by atoms with E-state index >= 15 is 0 Å². The van der Waals surface area contributed by atoms with Gasteiger partial charge >= 0.3 is 5.97 Å². The van der Waals surface area contributed by atoms with Gasteiger partial charge in [-0.15, -0.1) is 0 Å². The van der Waals surface area contributed by atoms with Crippen LogP contribution in [0.3, 0.4) is 0 Å². The number of nitrogens with two attached hydrogens (primary N) is 1. The Labute approximate surface area is 199 Å². The Morgan fingerprint density at radius 2 is 0.969 bits per heavy atom. The van der Waals surface area contributed by atoms with E-state index in [1.54, 1.807) is 0 Å². The fourth-order valence-electron chi connectivity index (χ4n) is 4.29. The number of unbranched alkanes of at least 4 members (excludes halogenated alkanes) is 18. The summed E-state index contributed by atoms with van der Waals surface area (Å²) < 4.78 is 5.59. The van der Waals surface area contributed by atoms with Crippen molar-refractivity contribution >= 4 is 11.9 Å². The van der Waals surface area contributed by atoms with Crippen molar-refractivity contribution in [1.82, 2.24) is 0 Å². The van der Waals surface area contributed by atoms with Crippen LogP contribution in [0, 0.1) is 0 Å². The molecule has 0 aliphatic carbocycles. The number of rotatable bonds is 25. The monoisotopic (exact) mass is 453 g/mol. The van der Waals surface area contributed by atoms with Crippen molar-refractivity contribution in [1.29, 1.82) is 0 Å². The molecule has 2 N–H and O–H groups in total. The van der Waals surface area contributed by atoms with Crippen molar-refractivity contribution in [2.45, 2.75) is 168 Å². The molecule has 0 radical (unpaired) electrons. The zero-order chi connectivity index (χ0) is 23.7. The van der Waals surface area contributed by atoms with Gasteiger partial charge in [-0.25, -0.2) is 0 Å². The summed E-state index contributed by atoms with van der Waals surface area (Å²) in [4.78, 5) is 23.5. The van der Waals surface area contributed by atoms with Gasteiger partial charge in [0.2, 0.25) is 5.91 Å². The Morgan fingerprint density at radius 3 is 1.38 bits per heavy atom. The lowest BCUT2D eigenvalue weighted by Gasteiger charge is -2.16. The summed E-state index contributed by atoms with van der Waals surface area (Å²) in [5, 5.41) is 0. The summed E-state index contributed by atoms with van der Waals surface area (Å²) >= 11 is 0. The van der Waals surface area contributed by atoms with Crippen LogP contribution in [0.5, 0.6) is 0 Å². The highest BCUT2D eigenvalue weighted by atomic mass is 16.5. The van der Waals surface area contributed by atoms with Crippen LogP contribution in [0.2, 0.25) is 0 Å². The average Bonchev–Trinajstić information content (AvgIpc) is 2.75. The summed E-state index contributed by atoms with van der Waals surface area (Å²) in [6.45, 7) is 4.50. The maximum Gasteiger partial charge on any atom is 0.306 e. The Kier molecular flexibility index (Phi) is 23.8. The Bertz CT molecular complexity index is 425. The van der Waals surface area contributed by atoms with Gasteiger partial charge in [0.05, 0.1) is 6.42 Å². The number of primary amides is 1. The first-order valence-corrected chi connectivity index (χ1v) is 14.1. The SMILES string of the molecule is CCCCCCCCCCCCCC(=O)O[C@H](CCCCCCCCCCC)CC(N)=O. The average molecular weight is 454 g/mol. The van der Waals surface area contributed by atoms with Crippen molar-refractivity contribution in [3.63, 3.8) is 0 Å². The molecule has 0 spiro atoms. The number of amides is 1. The van der Waals surface area contributed by atoms with Crippen molar-refractivity contribution in [2.24, 2.45) is 5.73 Å². The molecule has 1 amide bonds. The Balaban J connectivity index is 3.71. The quantitative estimate of drug-likeness (QED) is 0.111. The number of carbonyl (C=O) groups is 2. The maximum atomic E-state index is 12.2. The summed E-state index contributed by atoms with van der Waals surface area (Å²) in [6.07, 6.45) is 26.2. The Morgan fingerprint density at radius 1 is 0.594 bits per heavy atom. The molecule has 0 unspecified atom stereocenters. The maximum absolute atomic E-state index is 12.2. The van der Waals surface area contributed by atoms with E-state index in [-0.39, 0.29) is 24.4 Å². The zero-order valence-electron chi connectivity index (χ0n) is 21.6. The van der Waals surface area contributed by atoms with E-state index in [9.17, 15) is 9.59 Å². The lowest BCUT2D eigenvalue weighted by Crippen LogP contribution is -2.25. The molecule has 1 atom stereocenters. The third kappa shape index (κ3) is 23.6. The fraction of sp³-hybridized carbons (Fsp3) is 0.929. The predicted octanol–water partition coefficient (Wildman–Crippen LogP) is 8.40. The molecule has 0 bridgehead atoms. The Hall–Kier alpha value is -1.06. The van der Waals surface area contributed by atoms with E-state index in [1.807, 2.05) is 0 Å². The van der Waals surface area contributed by atoms with Crippen LogP contribution >= 0.6 is 0 Å². The highest BCUT2D eigenvalue weighted by Gasteiger charge is 2.16. The van der Waals surface area contributed by atoms with Crippen LogP contribution in [0.25, 0.3) is 0 Å². The normalized spacial score (nSPS) is 12.1. The first kappa shape index (κ1) is 30.9. The lowest BCUT2D eigenvalue weighted by molar-refractivity contribution is -0.150. The minimum absolute atomic E-state index is 0.154. The molecule has 0 rings (SSSR count). The molecule has 0 fully saturated rings. The molecule has 32 heavy (non-hydrogen) atoms. The van der Waals surface area contributed by atoms with E-state index in [4.69, 9.17) is 10.5 Å². The first-order chi connectivity index (χ1) is 15.6. The van der Waals surface area contributed by atoms with Crippen molar-refractivity contribution in [3.8, 4) is 0 Å². The van der Waals surface area contributed by atoms with E-state index in [1.165, 1.54) is 103 Å². The molecule has 0 saturated heterocycles. The van der Waals surface area contributed by atoms with Gasteiger partial charge in [-0.1, -0.05) is 129 Å². The topological polar surface area (TPSA) is 69.4 Å². The minimum atomic E-state index is -0.381. The van der Waals surface area contributed by atoms with Crippen LogP contribution in [0.15, 0.2) is 0 Å². The second-order valence-corrected chi connectivity index (χ2v) is 9.68. The van der Waals surface area contributed by atoms with Gasteiger partial charge in [-0.2, -0.15) is 0 Å². The van der Waals surface area contributed by atoms with Crippen molar-refractivity contribution in [2.75, 3.05) is 0 Å². The summed E-state index contributed by atoms with van der Waals surface area (Å²) in [5.41, 5.74) is 5.36. The molecular formula is C28H55NO3. The molecule has 0 aliphatic rings. The molecule has 190 valence electrons. The van der Waals surface area contributed by atoms with Gasteiger partial charge in [0.25, 0.3) is 0 Å². The van der Waals surface area contributed by atoms with E-state index < -0.39 is 0 Å². The summed E-state index contributed by atoms with van der Waals surface area (Å²) in [7, 11) is 0. The molecular weight excluding hydrogens is 398 g/mol. The van der Waals surface area contributed by atoms with E-state index in [0.717, 1.165) is 32.1 Å². The molecule has 0 aliphatic heterocycles. The van der Waals surface area contributed by atoms with Crippen LogP contribution in [0.1, 0.15) is 162 Å². The molecule has 4 heteroatoms.